The highest BCUT2D eigenvalue weighted by atomic mass is 14.8. The van der Waals surface area contributed by atoms with Crippen LogP contribution in [0.5, 0.6) is 0 Å². The zero-order valence-corrected chi connectivity index (χ0v) is 15.5. The molecule has 3 heteroatoms. The van der Waals surface area contributed by atoms with E-state index in [1.54, 1.807) is 0 Å². The Bertz CT molecular complexity index is 786. The van der Waals surface area contributed by atoms with Crippen LogP contribution >= 0.6 is 0 Å². The first kappa shape index (κ1) is 19.2. The highest BCUT2D eigenvalue weighted by molar-refractivity contribution is 5.39. The molecule has 0 aliphatic carbocycles. The molecule has 1 heterocycles. The van der Waals surface area contributed by atoms with E-state index in [4.69, 9.17) is 5.73 Å². The first-order valence-corrected chi connectivity index (χ1v) is 9.11. The van der Waals surface area contributed by atoms with E-state index in [-0.39, 0.29) is 0 Å². The number of nitrogens with one attached hydrogen (secondary N) is 2. The Morgan fingerprint density at radius 3 is 2.88 bits per heavy atom. The molecule has 4 N–H and O–H groups in total. The summed E-state index contributed by atoms with van der Waals surface area (Å²) < 4.78 is 0. The number of H-pyrrole nitrogens is 1. The molecule has 1 aromatic carbocycles. The molecular weight excluding hydrogens is 306 g/mol. The first-order chi connectivity index (χ1) is 12.2. The molecule has 3 nitrogen and oxygen atoms in total. The lowest BCUT2D eigenvalue weighted by Crippen LogP contribution is -2.27. The molecule has 0 bridgehead atoms. The van der Waals surface area contributed by atoms with Crippen molar-refractivity contribution in [2.24, 2.45) is 5.73 Å². The van der Waals surface area contributed by atoms with Crippen molar-refractivity contribution in [1.82, 2.24) is 10.3 Å². The summed E-state index contributed by atoms with van der Waals surface area (Å²) in [5.41, 5.74) is 9.93. The summed E-state index contributed by atoms with van der Waals surface area (Å²) in [6, 6.07) is 8.68. The summed E-state index contributed by atoms with van der Waals surface area (Å²) in [6.45, 7) is 10.8. The Balaban J connectivity index is 1.83. The van der Waals surface area contributed by atoms with Gasteiger partial charge in [0, 0.05) is 16.8 Å². The molecular formula is C22H31N3. The third kappa shape index (κ3) is 5.73. The number of hydrogen-bond acceptors (Lipinski definition) is 2. The van der Waals surface area contributed by atoms with Gasteiger partial charge in [-0.05, 0) is 63.4 Å². The summed E-state index contributed by atoms with van der Waals surface area (Å²) in [6.07, 6.45) is 10.3. The maximum absolute atomic E-state index is 5.98. The summed E-state index contributed by atoms with van der Waals surface area (Å²) in [5, 5.41) is 5.74. The van der Waals surface area contributed by atoms with Crippen LogP contribution in [-0.2, 0) is 6.42 Å². The largest absolute Gasteiger partial charge is 0.361 e. The zero-order valence-electron chi connectivity index (χ0n) is 15.5. The molecule has 0 radical (unpaired) electrons. The number of allylic oxidation sites excluding steroid dienone is 2. The number of aromatic amines is 1. The fraction of sp³-hybridized carbons (Fsp3) is 0.364. The van der Waals surface area contributed by atoms with Crippen molar-refractivity contribution < 1.29 is 0 Å². The molecule has 1 unspecified atom stereocenters. The maximum Gasteiger partial charge on any atom is 0.0383 e. The van der Waals surface area contributed by atoms with Gasteiger partial charge >= 0.3 is 0 Å². The van der Waals surface area contributed by atoms with E-state index >= 15 is 0 Å². The van der Waals surface area contributed by atoms with Crippen molar-refractivity contribution in [2.45, 2.75) is 32.6 Å². The van der Waals surface area contributed by atoms with E-state index in [9.17, 15) is 0 Å². The lowest BCUT2D eigenvalue weighted by molar-refractivity contribution is 0.572. The molecule has 0 saturated carbocycles. The Morgan fingerprint density at radius 2 is 2.16 bits per heavy atom. The van der Waals surface area contributed by atoms with Gasteiger partial charge in [-0.3, -0.25) is 0 Å². The average Bonchev–Trinajstić information content (AvgIpc) is 2.96. The molecule has 2 aromatic rings. The number of rotatable bonds is 9. The van der Waals surface area contributed by atoms with Crippen LogP contribution in [0.4, 0.5) is 0 Å². The molecule has 25 heavy (non-hydrogen) atoms. The third-order valence-electron chi connectivity index (χ3n) is 4.59. The normalized spacial score (nSPS) is 13.6. The molecule has 0 fully saturated rings. The lowest BCUT2D eigenvalue weighted by atomic mass is 9.94. The summed E-state index contributed by atoms with van der Waals surface area (Å²) in [5.74, 6) is 0.421. The quantitative estimate of drug-likeness (QED) is 0.615. The molecule has 0 aliphatic heterocycles. The Kier molecular flexibility index (Phi) is 7.71. The van der Waals surface area contributed by atoms with Crippen molar-refractivity contribution in [2.75, 3.05) is 19.6 Å². The van der Waals surface area contributed by atoms with Gasteiger partial charge in [-0.1, -0.05) is 54.6 Å². The fourth-order valence-electron chi connectivity index (χ4n) is 3.10. The van der Waals surface area contributed by atoms with Gasteiger partial charge in [0.15, 0.2) is 0 Å². The van der Waals surface area contributed by atoms with Gasteiger partial charge in [0.25, 0.3) is 0 Å². The van der Waals surface area contributed by atoms with E-state index in [0.29, 0.717) is 12.5 Å². The van der Waals surface area contributed by atoms with Crippen LogP contribution in [0.1, 0.15) is 36.0 Å². The van der Waals surface area contributed by atoms with Gasteiger partial charge in [0.1, 0.15) is 0 Å². The van der Waals surface area contributed by atoms with Gasteiger partial charge in [-0.25, -0.2) is 0 Å². The smallest absolute Gasteiger partial charge is 0.0383 e. The van der Waals surface area contributed by atoms with Crippen molar-refractivity contribution in [3.05, 3.63) is 69.9 Å². The minimum Gasteiger partial charge on any atom is -0.361 e. The molecule has 0 saturated heterocycles. The molecule has 0 spiro atoms. The van der Waals surface area contributed by atoms with E-state index in [0.717, 1.165) is 31.3 Å². The summed E-state index contributed by atoms with van der Waals surface area (Å²) in [4.78, 5) is 3.22. The van der Waals surface area contributed by atoms with Crippen LogP contribution in [0.3, 0.4) is 0 Å². The van der Waals surface area contributed by atoms with E-state index in [1.165, 1.54) is 21.9 Å². The standard InChI is InChI=1S/C22H31N3/c1-4-5-9-22-18(3)25-16-21(22)11-13-24-12-10-20(15-23)19-8-6-7-17(2)14-19/h4-9,14,16,20,24-25H,3,10-13,15,23H2,1-2H3/b5-4-,22-9+. The average molecular weight is 338 g/mol. The Hall–Kier alpha value is -2.10. The second-order valence-corrected chi connectivity index (χ2v) is 6.53. The molecule has 1 atom stereocenters. The second-order valence-electron chi connectivity index (χ2n) is 6.53. The first-order valence-electron chi connectivity index (χ1n) is 9.11. The Morgan fingerprint density at radius 1 is 1.32 bits per heavy atom. The molecule has 0 amide bonds. The van der Waals surface area contributed by atoms with E-state index in [2.05, 4.69) is 66.4 Å². The predicted molar refractivity (Wildman–Crippen MR) is 109 cm³/mol. The van der Waals surface area contributed by atoms with Crippen LogP contribution in [0.2, 0.25) is 0 Å². The van der Waals surface area contributed by atoms with Gasteiger partial charge in [0.2, 0.25) is 0 Å². The summed E-state index contributed by atoms with van der Waals surface area (Å²) >= 11 is 0. The molecule has 134 valence electrons. The van der Waals surface area contributed by atoms with E-state index < -0.39 is 0 Å². The molecule has 0 aliphatic rings. The van der Waals surface area contributed by atoms with E-state index in [1.807, 2.05) is 13.0 Å². The van der Waals surface area contributed by atoms with Crippen molar-refractivity contribution >= 4 is 12.7 Å². The second kappa shape index (κ2) is 10.0. The van der Waals surface area contributed by atoms with Gasteiger partial charge in [0.05, 0.1) is 0 Å². The Labute approximate surface area is 151 Å². The number of aromatic nitrogens is 1. The topological polar surface area (TPSA) is 53.8 Å². The minimum atomic E-state index is 0.421. The van der Waals surface area contributed by atoms with Crippen LogP contribution in [0, 0.1) is 6.92 Å². The molecule has 1 aromatic heterocycles. The fourth-order valence-corrected chi connectivity index (χ4v) is 3.10. The zero-order chi connectivity index (χ0) is 18.1. The van der Waals surface area contributed by atoms with Crippen LogP contribution in [-0.4, -0.2) is 24.6 Å². The summed E-state index contributed by atoms with van der Waals surface area (Å²) in [7, 11) is 0. The predicted octanol–water partition coefficient (Wildman–Crippen LogP) is 2.35. The van der Waals surface area contributed by atoms with Gasteiger partial charge in [-0.15, -0.1) is 0 Å². The van der Waals surface area contributed by atoms with Gasteiger partial charge < -0.3 is 16.0 Å². The third-order valence-corrected chi connectivity index (χ3v) is 4.59. The monoisotopic (exact) mass is 337 g/mol. The maximum atomic E-state index is 5.98. The number of benzene rings is 1. The number of hydrogen-bond donors (Lipinski definition) is 3. The minimum absolute atomic E-state index is 0.421. The highest BCUT2D eigenvalue weighted by Gasteiger charge is 2.09. The van der Waals surface area contributed by atoms with Crippen molar-refractivity contribution in [3.8, 4) is 0 Å². The SMILES string of the molecule is C=c1[nH]cc(CCNCCC(CN)c2cccc(C)c2)/c1=C/C=C\C. The molecule has 2 rings (SSSR count). The lowest BCUT2D eigenvalue weighted by Gasteiger charge is -2.16. The van der Waals surface area contributed by atoms with Crippen LogP contribution < -0.4 is 21.6 Å². The van der Waals surface area contributed by atoms with Crippen LogP contribution in [0.25, 0.3) is 12.7 Å². The highest BCUT2D eigenvalue weighted by Crippen LogP contribution is 2.18. The van der Waals surface area contributed by atoms with Gasteiger partial charge in [-0.2, -0.15) is 0 Å². The van der Waals surface area contributed by atoms with Crippen molar-refractivity contribution in [1.29, 1.82) is 0 Å². The van der Waals surface area contributed by atoms with Crippen molar-refractivity contribution in [3.63, 3.8) is 0 Å². The van der Waals surface area contributed by atoms with Crippen LogP contribution in [0.15, 0.2) is 42.6 Å². The number of aryl methyl sites for hydroxylation is 1. The number of nitrogens with two attached hydrogens (primary N) is 1.